The van der Waals surface area contributed by atoms with Crippen molar-refractivity contribution in [2.24, 2.45) is 0 Å². The Morgan fingerprint density at radius 3 is 2.44 bits per heavy atom. The average molecular weight is 490 g/mol. The van der Waals surface area contributed by atoms with Crippen molar-refractivity contribution < 1.29 is 26.7 Å². The predicted octanol–water partition coefficient (Wildman–Crippen LogP) is 2.58. The molecule has 0 aliphatic heterocycles. The van der Waals surface area contributed by atoms with Gasteiger partial charge in [-0.1, -0.05) is 0 Å². The molecular weight excluding hydrogens is 471 g/mol. The number of pyridine rings is 1. The zero-order valence-electron chi connectivity index (χ0n) is 16.7. The van der Waals surface area contributed by atoms with Crippen LogP contribution in [0.15, 0.2) is 52.4 Å². The van der Waals surface area contributed by atoms with Gasteiger partial charge < -0.3 is 5.11 Å². The van der Waals surface area contributed by atoms with Crippen LogP contribution in [0.2, 0.25) is 0 Å². The second-order valence-electron chi connectivity index (χ2n) is 6.50. The van der Waals surface area contributed by atoms with Gasteiger partial charge >= 0.3 is 11.2 Å². The molecule has 0 unspecified atom stereocenters. The fourth-order valence-electron chi connectivity index (χ4n) is 2.87. The van der Waals surface area contributed by atoms with Crippen molar-refractivity contribution in [3.63, 3.8) is 0 Å². The summed E-state index contributed by atoms with van der Waals surface area (Å²) in [4.78, 5) is 16.8. The number of benzene rings is 1. The number of imidazole rings is 1. The quantitative estimate of drug-likeness (QED) is 0.439. The van der Waals surface area contributed by atoms with Crippen molar-refractivity contribution in [1.29, 1.82) is 0 Å². The first-order chi connectivity index (χ1) is 14.9. The molecule has 0 radical (unpaired) electrons. The Balaban J connectivity index is 1.98. The molecule has 3 N–H and O–H groups in total. The summed E-state index contributed by atoms with van der Waals surface area (Å²) in [5.41, 5.74) is -4.21. The number of nitrogens with one attached hydrogen (secondary N) is 2. The molecule has 0 atom stereocenters. The smallest absolute Gasteiger partial charge is 0.446 e. The Morgan fingerprint density at radius 1 is 1.19 bits per heavy atom. The van der Waals surface area contributed by atoms with Crippen LogP contribution in [0.3, 0.4) is 0 Å². The van der Waals surface area contributed by atoms with E-state index >= 15 is 0 Å². The molecule has 172 valence electrons. The summed E-state index contributed by atoms with van der Waals surface area (Å²) in [6.07, 6.45) is 2.69. The van der Waals surface area contributed by atoms with Gasteiger partial charge in [0, 0.05) is 18.1 Å². The molecule has 14 heteroatoms. The lowest BCUT2D eigenvalue weighted by molar-refractivity contribution is -0.0328. The molecule has 2 heterocycles. The van der Waals surface area contributed by atoms with Crippen LogP contribution in [0.4, 0.5) is 18.9 Å². The monoisotopic (exact) mass is 489 g/mol. The molecule has 2 aromatic heterocycles. The Bertz CT molecular complexity index is 1290. The molecule has 3 rings (SSSR count). The lowest BCUT2D eigenvalue weighted by Crippen LogP contribution is -2.28. The van der Waals surface area contributed by atoms with E-state index in [-0.39, 0.29) is 40.3 Å². The topological polar surface area (TPSA) is 118 Å². The molecule has 1 aromatic carbocycles. The average Bonchev–Trinajstić information content (AvgIpc) is 2.92. The highest BCUT2D eigenvalue weighted by molar-refractivity contribution is 8.00. The minimum absolute atomic E-state index is 0.0665. The number of aromatic nitrogens is 3. The molecule has 3 aromatic rings. The van der Waals surface area contributed by atoms with Crippen LogP contribution in [0.25, 0.3) is 5.69 Å². The molecule has 0 saturated heterocycles. The van der Waals surface area contributed by atoms with Crippen molar-refractivity contribution in [1.82, 2.24) is 18.8 Å². The van der Waals surface area contributed by atoms with E-state index in [4.69, 9.17) is 0 Å². The predicted molar refractivity (Wildman–Crippen MR) is 113 cm³/mol. The summed E-state index contributed by atoms with van der Waals surface area (Å²) in [6, 6.07) is 6.48. The molecule has 0 fully saturated rings. The molecule has 0 aliphatic carbocycles. The molecule has 0 bridgehead atoms. The lowest BCUT2D eigenvalue weighted by atomic mass is 10.2. The van der Waals surface area contributed by atoms with Crippen LogP contribution < -0.4 is 15.1 Å². The van der Waals surface area contributed by atoms with E-state index in [0.717, 1.165) is 4.57 Å². The lowest BCUT2D eigenvalue weighted by Gasteiger charge is -2.12. The molecule has 9 nitrogen and oxygen atoms in total. The first-order valence-corrected chi connectivity index (χ1v) is 11.2. The zero-order valence-corrected chi connectivity index (χ0v) is 18.3. The van der Waals surface area contributed by atoms with Crippen molar-refractivity contribution in [3.8, 4) is 11.6 Å². The molecule has 0 spiro atoms. The van der Waals surface area contributed by atoms with Gasteiger partial charge in [-0.05, 0) is 54.6 Å². The number of aromatic hydroxyl groups is 1. The van der Waals surface area contributed by atoms with Gasteiger partial charge in [-0.3, -0.25) is 14.3 Å². The van der Waals surface area contributed by atoms with Crippen LogP contribution in [0.1, 0.15) is 11.3 Å². The Morgan fingerprint density at radius 2 is 1.84 bits per heavy atom. The number of hydrogen-bond donors (Lipinski definition) is 3. The van der Waals surface area contributed by atoms with E-state index in [1.165, 1.54) is 61.3 Å². The van der Waals surface area contributed by atoms with Gasteiger partial charge in [0.15, 0.2) is 0 Å². The van der Waals surface area contributed by atoms with Crippen LogP contribution in [-0.2, 0) is 16.8 Å². The molecule has 0 amide bonds. The number of hydrogen-bond acceptors (Lipinski definition) is 6. The van der Waals surface area contributed by atoms with Crippen LogP contribution in [0.5, 0.6) is 5.88 Å². The second-order valence-corrected chi connectivity index (χ2v) is 9.25. The minimum atomic E-state index is -4.45. The maximum atomic E-state index is 13.0. The van der Waals surface area contributed by atoms with E-state index in [9.17, 15) is 31.5 Å². The Labute approximate surface area is 185 Å². The largest absolute Gasteiger partial charge is 0.493 e. The number of nitrogens with zero attached hydrogens (tertiary/aromatic N) is 3. The third-order valence-corrected chi connectivity index (χ3v) is 6.21. The molecular formula is C18H18F3N5O4S2. The maximum absolute atomic E-state index is 13.0. The summed E-state index contributed by atoms with van der Waals surface area (Å²) in [5.74, 6) is -0.391. The number of halogens is 3. The van der Waals surface area contributed by atoms with Gasteiger partial charge in [0.25, 0.3) is 10.2 Å². The van der Waals surface area contributed by atoms with Crippen LogP contribution in [0, 0.1) is 6.92 Å². The highest BCUT2D eigenvalue weighted by atomic mass is 32.2. The number of rotatable bonds is 7. The van der Waals surface area contributed by atoms with Crippen molar-refractivity contribution in [3.05, 3.63) is 64.5 Å². The van der Waals surface area contributed by atoms with Crippen molar-refractivity contribution in [2.75, 3.05) is 11.8 Å². The standard InChI is InChI=1S/C18H18F3N5O4S2/c1-11-16(27)26(13-3-5-14(6-4-13)31-18(19,20)21)17(28)25(11)10-12-7-8-23-9-15(12)24-32(29,30)22-2/h3-9,22,24,27H,10H2,1-2H3. The van der Waals surface area contributed by atoms with Crippen LogP contribution >= 0.6 is 11.8 Å². The van der Waals surface area contributed by atoms with Gasteiger partial charge in [-0.25, -0.2) is 14.1 Å². The Hall–Kier alpha value is -2.97. The normalized spacial score (nSPS) is 12.2. The fraction of sp³-hybridized carbons (Fsp3) is 0.222. The minimum Gasteiger partial charge on any atom is -0.493 e. The third-order valence-electron chi connectivity index (χ3n) is 4.44. The number of alkyl halides is 3. The van der Waals surface area contributed by atoms with Gasteiger partial charge in [0.2, 0.25) is 5.88 Å². The Kier molecular flexibility index (Phi) is 6.57. The number of anilines is 1. The fourth-order valence-corrected chi connectivity index (χ4v) is 3.99. The first-order valence-electron chi connectivity index (χ1n) is 8.93. The van der Waals surface area contributed by atoms with Crippen molar-refractivity contribution >= 4 is 27.7 Å². The third kappa shape index (κ3) is 5.26. The van der Waals surface area contributed by atoms with Gasteiger partial charge in [-0.2, -0.15) is 21.6 Å². The van der Waals surface area contributed by atoms with E-state index in [1.807, 2.05) is 0 Å². The highest BCUT2D eigenvalue weighted by Crippen LogP contribution is 2.37. The van der Waals surface area contributed by atoms with Crippen molar-refractivity contribution in [2.45, 2.75) is 23.9 Å². The first kappa shape index (κ1) is 23.7. The maximum Gasteiger partial charge on any atom is 0.446 e. The summed E-state index contributed by atoms with van der Waals surface area (Å²) in [6.45, 7) is 1.39. The van der Waals surface area contributed by atoms with Gasteiger partial charge in [0.1, 0.15) is 0 Å². The molecule has 0 aliphatic rings. The summed E-state index contributed by atoms with van der Waals surface area (Å²) >= 11 is -0.291. The number of thioether (sulfide) groups is 1. The molecule has 0 saturated carbocycles. The van der Waals surface area contributed by atoms with E-state index in [0.29, 0.717) is 5.56 Å². The highest BCUT2D eigenvalue weighted by Gasteiger charge is 2.29. The SMILES string of the molecule is CNS(=O)(=O)Nc1cnccc1Cn1c(C)c(O)n(-c2ccc(SC(F)(F)F)cc2)c1=O. The van der Waals surface area contributed by atoms with Gasteiger partial charge in [-0.15, -0.1) is 0 Å². The zero-order chi connectivity index (χ0) is 23.7. The van der Waals surface area contributed by atoms with Gasteiger partial charge in [0.05, 0.1) is 29.8 Å². The summed E-state index contributed by atoms with van der Waals surface area (Å²) in [5, 5.41) is 10.5. The summed E-state index contributed by atoms with van der Waals surface area (Å²) < 4.78 is 67.8. The van der Waals surface area contributed by atoms with E-state index in [1.54, 1.807) is 0 Å². The molecule has 32 heavy (non-hydrogen) atoms. The second kappa shape index (κ2) is 8.88. The van der Waals surface area contributed by atoms with E-state index < -0.39 is 27.3 Å². The van der Waals surface area contributed by atoms with E-state index in [2.05, 4.69) is 14.4 Å². The summed E-state index contributed by atoms with van der Waals surface area (Å²) in [7, 11) is -2.61. The van der Waals surface area contributed by atoms with Crippen LogP contribution in [-0.4, -0.2) is 40.2 Å².